The molecule has 0 heterocycles. The predicted octanol–water partition coefficient (Wildman–Crippen LogP) is 3.21. The molecule has 0 amide bonds. The van der Waals surface area contributed by atoms with Gasteiger partial charge in [-0.3, -0.25) is 0 Å². The smallest absolute Gasteiger partial charge is 0.348 e. The van der Waals surface area contributed by atoms with E-state index in [4.69, 9.17) is 4.74 Å². The number of carbonyl (C=O) groups excluding carboxylic acids is 1. The van der Waals surface area contributed by atoms with Gasteiger partial charge in [0.15, 0.2) is 0 Å². The van der Waals surface area contributed by atoms with Gasteiger partial charge in [0.2, 0.25) is 5.67 Å². The van der Waals surface area contributed by atoms with E-state index in [-0.39, 0.29) is 5.56 Å². The molecule has 3 nitrogen and oxygen atoms in total. The van der Waals surface area contributed by atoms with E-state index in [0.29, 0.717) is 16.8 Å². The van der Waals surface area contributed by atoms with E-state index in [1.54, 1.807) is 6.07 Å². The highest BCUT2D eigenvalue weighted by molar-refractivity contribution is 9.10. The van der Waals surface area contributed by atoms with Crippen LogP contribution in [-0.2, 0) is 15.2 Å². The van der Waals surface area contributed by atoms with Gasteiger partial charge in [0.25, 0.3) is 0 Å². The molecule has 0 saturated carbocycles. The second-order valence-electron chi connectivity index (χ2n) is 3.57. The van der Waals surface area contributed by atoms with Gasteiger partial charge in [-0.25, -0.2) is 9.18 Å². The number of ether oxygens (including phenoxy) is 2. The van der Waals surface area contributed by atoms with Crippen molar-refractivity contribution in [1.29, 1.82) is 0 Å². The normalized spacial score (nSPS) is 13.9. The van der Waals surface area contributed by atoms with Gasteiger partial charge < -0.3 is 9.47 Å². The summed E-state index contributed by atoms with van der Waals surface area (Å²) in [7, 11) is 1.16. The predicted molar refractivity (Wildman–Crippen MR) is 65.8 cm³/mol. The molecule has 0 saturated heterocycles. The van der Waals surface area contributed by atoms with Gasteiger partial charge in [-0.05, 0) is 41.9 Å². The molecule has 1 atom stereocenters. The molecular weight excluding hydrogens is 291 g/mol. The topological polar surface area (TPSA) is 35.5 Å². The van der Waals surface area contributed by atoms with E-state index < -0.39 is 11.6 Å². The number of hydrogen-bond acceptors (Lipinski definition) is 3. The Bertz CT molecular complexity index is 418. The summed E-state index contributed by atoms with van der Waals surface area (Å²) in [4.78, 5) is 11.3. The van der Waals surface area contributed by atoms with Gasteiger partial charge in [0, 0.05) is 5.56 Å². The van der Waals surface area contributed by atoms with Crippen LogP contribution < -0.4 is 4.74 Å². The van der Waals surface area contributed by atoms with Gasteiger partial charge in [0.05, 0.1) is 18.2 Å². The molecule has 5 heteroatoms. The molecule has 0 aliphatic rings. The summed E-state index contributed by atoms with van der Waals surface area (Å²) in [5.41, 5.74) is -1.94. The van der Waals surface area contributed by atoms with Crippen LogP contribution in [-0.4, -0.2) is 19.7 Å². The number of carbonyl (C=O) groups is 1. The molecule has 1 rings (SSSR count). The van der Waals surface area contributed by atoms with E-state index >= 15 is 0 Å². The molecule has 1 unspecified atom stereocenters. The molecule has 0 bridgehead atoms. The highest BCUT2D eigenvalue weighted by Crippen LogP contribution is 2.33. The lowest BCUT2D eigenvalue weighted by Crippen LogP contribution is -2.28. The van der Waals surface area contributed by atoms with Crippen LogP contribution in [0.1, 0.15) is 19.4 Å². The van der Waals surface area contributed by atoms with Crippen LogP contribution in [0, 0.1) is 0 Å². The standard InChI is InChI=1S/C12H14BrFO3/c1-4-17-10-6-5-8(7-9(10)13)12(2,14)11(15)16-3/h5-7H,4H2,1-3H3. The van der Waals surface area contributed by atoms with Crippen molar-refractivity contribution in [2.45, 2.75) is 19.5 Å². The van der Waals surface area contributed by atoms with Gasteiger partial charge in [-0.15, -0.1) is 0 Å². The second kappa shape index (κ2) is 5.49. The zero-order valence-corrected chi connectivity index (χ0v) is 11.5. The Hall–Kier alpha value is -1.10. The largest absolute Gasteiger partial charge is 0.493 e. The summed E-state index contributed by atoms with van der Waals surface area (Å²) in [6.45, 7) is 3.54. The zero-order valence-electron chi connectivity index (χ0n) is 9.92. The van der Waals surface area contributed by atoms with E-state index in [9.17, 15) is 9.18 Å². The molecule has 94 valence electrons. The first kappa shape index (κ1) is 14.0. The van der Waals surface area contributed by atoms with Crippen LogP contribution in [0.3, 0.4) is 0 Å². The second-order valence-corrected chi connectivity index (χ2v) is 4.43. The third-order valence-corrected chi connectivity index (χ3v) is 2.96. The average Bonchev–Trinajstić information content (AvgIpc) is 2.30. The van der Waals surface area contributed by atoms with Crippen molar-refractivity contribution >= 4 is 21.9 Å². The monoisotopic (exact) mass is 304 g/mol. The Kier molecular flexibility index (Phi) is 4.51. The Morgan fingerprint density at radius 3 is 2.65 bits per heavy atom. The third kappa shape index (κ3) is 2.97. The van der Waals surface area contributed by atoms with Crippen molar-refractivity contribution in [2.75, 3.05) is 13.7 Å². The van der Waals surface area contributed by atoms with E-state index in [1.165, 1.54) is 19.1 Å². The third-order valence-electron chi connectivity index (χ3n) is 2.34. The van der Waals surface area contributed by atoms with Gasteiger partial charge in [-0.2, -0.15) is 0 Å². The highest BCUT2D eigenvalue weighted by Gasteiger charge is 2.36. The lowest BCUT2D eigenvalue weighted by atomic mass is 9.98. The number of methoxy groups -OCH3 is 1. The van der Waals surface area contributed by atoms with Crippen molar-refractivity contribution in [3.8, 4) is 5.75 Å². The van der Waals surface area contributed by atoms with Crippen LogP contribution in [0.2, 0.25) is 0 Å². The maximum Gasteiger partial charge on any atom is 0.348 e. The van der Waals surface area contributed by atoms with Crippen LogP contribution >= 0.6 is 15.9 Å². The van der Waals surface area contributed by atoms with Crippen molar-refractivity contribution in [3.05, 3.63) is 28.2 Å². The molecule has 0 aliphatic carbocycles. The maximum absolute atomic E-state index is 14.2. The lowest BCUT2D eigenvalue weighted by Gasteiger charge is -2.18. The Labute approximate surface area is 108 Å². The molecule has 0 N–H and O–H groups in total. The molecule has 0 aliphatic heterocycles. The fourth-order valence-electron chi connectivity index (χ4n) is 1.37. The van der Waals surface area contributed by atoms with E-state index in [0.717, 1.165) is 7.11 Å². The molecule has 0 radical (unpaired) electrons. The summed E-state index contributed by atoms with van der Waals surface area (Å²) in [5.74, 6) is -0.314. The first-order valence-corrected chi connectivity index (χ1v) is 5.93. The molecule has 17 heavy (non-hydrogen) atoms. The maximum atomic E-state index is 14.2. The van der Waals surface area contributed by atoms with Crippen molar-refractivity contribution in [1.82, 2.24) is 0 Å². The quantitative estimate of drug-likeness (QED) is 0.801. The number of alkyl halides is 1. The summed E-state index contributed by atoms with van der Waals surface area (Å²) in [5, 5.41) is 0. The Balaban J connectivity index is 3.08. The fourth-order valence-corrected chi connectivity index (χ4v) is 1.87. The van der Waals surface area contributed by atoms with Crippen molar-refractivity contribution in [2.24, 2.45) is 0 Å². The molecule has 0 fully saturated rings. The highest BCUT2D eigenvalue weighted by atomic mass is 79.9. The molecular formula is C12H14BrFO3. The summed E-state index contributed by atoms with van der Waals surface area (Å²) >= 11 is 3.27. The van der Waals surface area contributed by atoms with Gasteiger partial charge >= 0.3 is 5.97 Å². The zero-order chi connectivity index (χ0) is 13.1. The molecule has 0 aromatic heterocycles. The number of rotatable bonds is 4. The van der Waals surface area contributed by atoms with Crippen LogP contribution in [0.25, 0.3) is 0 Å². The van der Waals surface area contributed by atoms with E-state index in [2.05, 4.69) is 20.7 Å². The number of esters is 1. The van der Waals surface area contributed by atoms with Crippen molar-refractivity contribution < 1.29 is 18.7 Å². The van der Waals surface area contributed by atoms with E-state index in [1.807, 2.05) is 6.92 Å². The van der Waals surface area contributed by atoms with Crippen LogP contribution in [0.15, 0.2) is 22.7 Å². The Morgan fingerprint density at radius 2 is 2.18 bits per heavy atom. The number of halogens is 2. The van der Waals surface area contributed by atoms with Crippen LogP contribution in [0.4, 0.5) is 4.39 Å². The molecule has 1 aromatic carbocycles. The first-order chi connectivity index (χ1) is 7.93. The fraction of sp³-hybridized carbons (Fsp3) is 0.417. The minimum Gasteiger partial charge on any atom is -0.493 e. The number of hydrogen-bond donors (Lipinski definition) is 0. The lowest BCUT2D eigenvalue weighted by molar-refractivity contribution is -0.154. The SMILES string of the molecule is CCOc1ccc(C(C)(F)C(=O)OC)cc1Br. The van der Waals surface area contributed by atoms with Gasteiger partial charge in [-0.1, -0.05) is 6.07 Å². The summed E-state index contributed by atoms with van der Waals surface area (Å²) in [6.07, 6.45) is 0. The average molecular weight is 305 g/mol. The summed E-state index contributed by atoms with van der Waals surface area (Å²) < 4.78 is 24.5. The minimum atomic E-state index is -2.16. The molecule has 0 spiro atoms. The van der Waals surface area contributed by atoms with Crippen molar-refractivity contribution in [3.63, 3.8) is 0 Å². The Morgan fingerprint density at radius 1 is 1.53 bits per heavy atom. The minimum absolute atomic E-state index is 0.222. The number of benzene rings is 1. The first-order valence-electron chi connectivity index (χ1n) is 5.13. The van der Waals surface area contributed by atoms with Crippen LogP contribution in [0.5, 0.6) is 5.75 Å². The summed E-state index contributed by atoms with van der Waals surface area (Å²) in [6, 6.07) is 4.64. The van der Waals surface area contributed by atoms with Gasteiger partial charge in [0.1, 0.15) is 5.75 Å². The molecule has 1 aromatic rings.